The Balaban J connectivity index is 3.15. The fourth-order valence-electron chi connectivity index (χ4n) is 1.79. The molecule has 0 unspecified atom stereocenters. The number of cyclic esters (lactones) is 2. The topological polar surface area (TPSA) is 139 Å². The van der Waals surface area contributed by atoms with Crippen LogP contribution in [0.5, 0.6) is 0 Å². The first kappa shape index (κ1) is 11.8. The van der Waals surface area contributed by atoms with Crippen molar-refractivity contribution in [2.24, 2.45) is 0 Å². The van der Waals surface area contributed by atoms with Gasteiger partial charge in [-0.25, -0.2) is 9.59 Å². The van der Waals surface area contributed by atoms with Gasteiger partial charge in [0.2, 0.25) is 0 Å². The third kappa shape index (κ3) is 1.34. The highest BCUT2D eigenvalue weighted by atomic mass is 16.6. The van der Waals surface area contributed by atoms with Gasteiger partial charge in [0.05, 0.1) is 33.4 Å². The van der Waals surface area contributed by atoms with Crippen molar-refractivity contribution in [3.63, 3.8) is 0 Å². The molecule has 1 aliphatic rings. The minimum atomic E-state index is -1.10. The molecule has 0 bridgehead atoms. The highest BCUT2D eigenvalue weighted by Crippen LogP contribution is 2.32. The number of nitrogens with zero attached hydrogens (tertiary/aromatic N) is 4. The van der Waals surface area contributed by atoms with Crippen LogP contribution in [-0.4, -0.2) is 11.9 Å². The van der Waals surface area contributed by atoms with Gasteiger partial charge in [-0.15, -0.1) is 0 Å². The summed E-state index contributed by atoms with van der Waals surface area (Å²) in [6.07, 6.45) is 0. The number of hydrogen-bond donors (Lipinski definition) is 0. The molecule has 0 amide bonds. The zero-order valence-corrected chi connectivity index (χ0v) is 9.01. The molecule has 2 rings (SSSR count). The number of fused-ring (bicyclic) bond motifs is 1. The average molecular weight is 248 g/mol. The molecule has 1 aromatic carbocycles. The van der Waals surface area contributed by atoms with Gasteiger partial charge < -0.3 is 4.74 Å². The molecule has 1 heterocycles. The maximum Gasteiger partial charge on any atom is 0.348 e. The summed E-state index contributed by atoms with van der Waals surface area (Å²) in [6.45, 7) is 0. The fraction of sp³-hybridized carbons (Fsp3) is 0. The van der Waals surface area contributed by atoms with Crippen molar-refractivity contribution in [1.29, 1.82) is 21.0 Å². The molecule has 0 aromatic heterocycles. The monoisotopic (exact) mass is 248 g/mol. The van der Waals surface area contributed by atoms with E-state index in [0.29, 0.717) is 0 Å². The molecular formula is C12N4O3. The van der Waals surface area contributed by atoms with Crippen molar-refractivity contribution in [2.45, 2.75) is 0 Å². The van der Waals surface area contributed by atoms with Crippen LogP contribution < -0.4 is 0 Å². The molecule has 7 heteroatoms. The van der Waals surface area contributed by atoms with Crippen LogP contribution in [0, 0.1) is 45.3 Å². The first-order valence-corrected chi connectivity index (χ1v) is 4.71. The Hall–Kier alpha value is -3.68. The molecule has 19 heavy (non-hydrogen) atoms. The quantitative estimate of drug-likeness (QED) is 0.480. The lowest BCUT2D eigenvalue weighted by Gasteiger charge is -2.04. The van der Waals surface area contributed by atoms with Gasteiger partial charge in [-0.05, 0) is 0 Å². The van der Waals surface area contributed by atoms with Crippen molar-refractivity contribution >= 4 is 11.9 Å². The maximum atomic E-state index is 11.5. The van der Waals surface area contributed by atoms with Crippen molar-refractivity contribution in [2.75, 3.05) is 0 Å². The molecule has 0 N–H and O–H groups in total. The van der Waals surface area contributed by atoms with Crippen molar-refractivity contribution < 1.29 is 14.3 Å². The van der Waals surface area contributed by atoms with E-state index in [4.69, 9.17) is 21.0 Å². The largest absolute Gasteiger partial charge is 0.386 e. The van der Waals surface area contributed by atoms with Gasteiger partial charge in [-0.2, -0.15) is 21.0 Å². The van der Waals surface area contributed by atoms with Gasteiger partial charge in [0.15, 0.2) is 0 Å². The fourth-order valence-corrected chi connectivity index (χ4v) is 1.79. The molecular weight excluding hydrogens is 248 g/mol. The van der Waals surface area contributed by atoms with Crippen molar-refractivity contribution in [3.8, 4) is 24.3 Å². The first-order chi connectivity index (χ1) is 9.10. The summed E-state index contributed by atoms with van der Waals surface area (Å²) < 4.78 is 4.32. The molecule has 0 saturated heterocycles. The van der Waals surface area contributed by atoms with Crippen LogP contribution in [0.1, 0.15) is 43.0 Å². The van der Waals surface area contributed by atoms with Gasteiger partial charge in [0.1, 0.15) is 24.3 Å². The summed E-state index contributed by atoms with van der Waals surface area (Å²) in [5.74, 6) is -2.21. The van der Waals surface area contributed by atoms with E-state index < -0.39 is 45.3 Å². The number of ether oxygens (including phenoxy) is 1. The van der Waals surface area contributed by atoms with Gasteiger partial charge >= 0.3 is 11.9 Å². The van der Waals surface area contributed by atoms with E-state index in [9.17, 15) is 9.59 Å². The van der Waals surface area contributed by atoms with Crippen molar-refractivity contribution in [1.82, 2.24) is 0 Å². The maximum absolute atomic E-state index is 11.5. The normalized spacial score (nSPS) is 11.6. The molecule has 0 fully saturated rings. The van der Waals surface area contributed by atoms with Crippen LogP contribution in [0.2, 0.25) is 0 Å². The van der Waals surface area contributed by atoms with Crippen LogP contribution >= 0.6 is 0 Å². The van der Waals surface area contributed by atoms with E-state index in [1.165, 1.54) is 0 Å². The first-order valence-electron chi connectivity index (χ1n) is 4.71. The van der Waals surface area contributed by atoms with Crippen LogP contribution in [0.15, 0.2) is 0 Å². The Morgan fingerprint density at radius 1 is 0.632 bits per heavy atom. The molecule has 0 radical (unpaired) electrons. The summed E-state index contributed by atoms with van der Waals surface area (Å²) in [6, 6.07) is 6.36. The minimum absolute atomic E-state index is 0.410. The van der Waals surface area contributed by atoms with Crippen LogP contribution in [0.4, 0.5) is 0 Å². The Kier molecular flexibility index (Phi) is 2.46. The second-order valence-corrected chi connectivity index (χ2v) is 3.37. The number of carbonyl (C=O) groups excluding carboxylic acids is 2. The van der Waals surface area contributed by atoms with E-state index in [1.54, 1.807) is 24.3 Å². The van der Waals surface area contributed by atoms with E-state index >= 15 is 0 Å². The molecule has 7 nitrogen and oxygen atoms in total. The smallest absolute Gasteiger partial charge is 0.348 e. The predicted molar refractivity (Wildman–Crippen MR) is 55.0 cm³/mol. The van der Waals surface area contributed by atoms with Gasteiger partial charge in [0, 0.05) is 0 Å². The second kappa shape index (κ2) is 3.96. The standard InChI is InChI=1S/C12N4O3/c13-1-5-6(2-14)8(4-16)10-9(7(5)3-15)11(17)19-12(10)18. The number of benzene rings is 1. The molecule has 0 aliphatic carbocycles. The third-order valence-electron chi connectivity index (χ3n) is 2.54. The summed E-state index contributed by atoms with van der Waals surface area (Å²) in [7, 11) is 0. The molecule has 1 aliphatic heterocycles. The second-order valence-electron chi connectivity index (χ2n) is 3.37. The van der Waals surface area contributed by atoms with E-state index in [1.807, 2.05) is 0 Å². The Morgan fingerprint density at radius 2 is 0.947 bits per heavy atom. The van der Waals surface area contributed by atoms with E-state index in [2.05, 4.69) is 4.74 Å². The minimum Gasteiger partial charge on any atom is -0.386 e. The number of esters is 2. The predicted octanol–water partition coefficient (Wildman–Crippen LogP) is 0.484. The summed E-state index contributed by atoms with van der Waals surface area (Å²) in [4.78, 5) is 23.0. The number of rotatable bonds is 0. The zero-order valence-electron chi connectivity index (χ0n) is 9.01. The number of nitriles is 4. The highest BCUT2D eigenvalue weighted by Gasteiger charge is 2.39. The average Bonchev–Trinajstić information content (AvgIpc) is 2.71. The van der Waals surface area contributed by atoms with Crippen molar-refractivity contribution in [3.05, 3.63) is 33.4 Å². The molecule has 0 spiro atoms. The van der Waals surface area contributed by atoms with E-state index in [0.717, 1.165) is 0 Å². The molecule has 0 saturated carbocycles. The lowest BCUT2D eigenvalue weighted by molar-refractivity contribution is 0.0443. The van der Waals surface area contributed by atoms with Gasteiger partial charge in [0.25, 0.3) is 0 Å². The Bertz CT molecular complexity index is 756. The molecule has 86 valence electrons. The Labute approximate surface area is 106 Å². The zero-order chi connectivity index (χ0) is 14.2. The number of carbonyl (C=O) groups is 2. The summed E-state index contributed by atoms with van der Waals surface area (Å²) in [5.41, 5.74) is -2.54. The molecule has 0 atom stereocenters. The van der Waals surface area contributed by atoms with Crippen LogP contribution in [0.3, 0.4) is 0 Å². The van der Waals surface area contributed by atoms with Gasteiger partial charge in [-0.1, -0.05) is 0 Å². The lowest BCUT2D eigenvalue weighted by atomic mass is 9.89. The van der Waals surface area contributed by atoms with E-state index in [-0.39, 0.29) is 0 Å². The van der Waals surface area contributed by atoms with Crippen LogP contribution in [-0.2, 0) is 4.74 Å². The van der Waals surface area contributed by atoms with Gasteiger partial charge in [-0.3, -0.25) is 0 Å². The highest BCUT2D eigenvalue weighted by molar-refractivity contribution is 6.18. The summed E-state index contributed by atoms with van der Waals surface area (Å²) in [5, 5.41) is 35.9. The molecule has 1 aromatic rings. The third-order valence-corrected chi connectivity index (χ3v) is 2.54. The SMILES string of the molecule is N#Cc1c(C#N)c(C#N)c2c(c1C#N)C(=O)OC2=O. The summed E-state index contributed by atoms with van der Waals surface area (Å²) >= 11 is 0. The van der Waals surface area contributed by atoms with Crippen LogP contribution in [0.25, 0.3) is 0 Å². The Morgan fingerprint density at radius 3 is 1.21 bits per heavy atom. The number of hydrogen-bond acceptors (Lipinski definition) is 7. The lowest BCUT2D eigenvalue weighted by Crippen LogP contribution is -2.06.